The molecule has 0 saturated carbocycles. The standard InChI is InChI=1S/C14H13N3OS2/c1-7-4-10-12(5-8(7)2)20-14(16-10)17-13(18)11-6-19-9(3)15-11/h4-6H,1-3H3,(H,16,17,18). The van der Waals surface area contributed by atoms with Gasteiger partial charge in [0.2, 0.25) is 0 Å². The van der Waals surface area contributed by atoms with Gasteiger partial charge in [-0.25, -0.2) is 9.97 Å². The SMILES string of the molecule is Cc1nc(C(=O)Nc2nc3cc(C)c(C)cc3s2)cs1. The third-order valence-corrected chi connectivity index (χ3v) is 4.78. The highest BCUT2D eigenvalue weighted by atomic mass is 32.1. The first kappa shape index (κ1) is 13.2. The Morgan fingerprint density at radius 1 is 1.15 bits per heavy atom. The first-order valence-electron chi connectivity index (χ1n) is 6.14. The molecule has 1 amide bonds. The van der Waals surface area contributed by atoms with E-state index in [9.17, 15) is 4.79 Å². The van der Waals surface area contributed by atoms with Crippen molar-refractivity contribution in [3.63, 3.8) is 0 Å². The fourth-order valence-corrected chi connectivity index (χ4v) is 3.40. The molecule has 0 radical (unpaired) electrons. The molecule has 0 aliphatic heterocycles. The summed E-state index contributed by atoms with van der Waals surface area (Å²) in [6, 6.07) is 4.15. The zero-order valence-electron chi connectivity index (χ0n) is 11.4. The molecule has 2 heterocycles. The average Bonchev–Trinajstić information content (AvgIpc) is 2.96. The molecule has 0 fully saturated rings. The van der Waals surface area contributed by atoms with Gasteiger partial charge in [-0.1, -0.05) is 11.3 Å². The summed E-state index contributed by atoms with van der Waals surface area (Å²) in [6.07, 6.45) is 0. The minimum atomic E-state index is -0.207. The van der Waals surface area contributed by atoms with Crippen LogP contribution in [0.1, 0.15) is 26.6 Å². The maximum Gasteiger partial charge on any atom is 0.276 e. The molecule has 1 aromatic carbocycles. The van der Waals surface area contributed by atoms with Crippen molar-refractivity contribution in [3.05, 3.63) is 39.3 Å². The number of amides is 1. The second-order valence-corrected chi connectivity index (χ2v) is 6.72. The molecule has 0 spiro atoms. The van der Waals surface area contributed by atoms with E-state index in [2.05, 4.69) is 35.2 Å². The van der Waals surface area contributed by atoms with E-state index in [4.69, 9.17) is 0 Å². The number of rotatable bonds is 2. The van der Waals surface area contributed by atoms with Crippen LogP contribution in [0.15, 0.2) is 17.5 Å². The van der Waals surface area contributed by atoms with E-state index in [1.807, 2.05) is 13.0 Å². The summed E-state index contributed by atoms with van der Waals surface area (Å²) in [5.41, 5.74) is 3.80. The van der Waals surface area contributed by atoms with Gasteiger partial charge >= 0.3 is 0 Å². The highest BCUT2D eigenvalue weighted by Crippen LogP contribution is 2.28. The van der Waals surface area contributed by atoms with Crippen LogP contribution in [-0.2, 0) is 0 Å². The van der Waals surface area contributed by atoms with Crippen LogP contribution in [0.25, 0.3) is 10.2 Å². The van der Waals surface area contributed by atoms with Gasteiger partial charge in [-0.3, -0.25) is 10.1 Å². The Bertz CT molecular complexity index is 765. The summed E-state index contributed by atoms with van der Waals surface area (Å²) in [4.78, 5) is 20.7. The lowest BCUT2D eigenvalue weighted by Crippen LogP contribution is -2.11. The van der Waals surface area contributed by atoms with Gasteiger partial charge < -0.3 is 0 Å². The number of carbonyl (C=O) groups excluding carboxylic acids is 1. The number of carbonyl (C=O) groups is 1. The fraction of sp³-hybridized carbons (Fsp3) is 0.214. The molecule has 0 aliphatic rings. The molecule has 0 aliphatic carbocycles. The third kappa shape index (κ3) is 2.44. The predicted octanol–water partition coefficient (Wildman–Crippen LogP) is 3.93. The molecule has 0 unspecified atom stereocenters. The van der Waals surface area contributed by atoms with Gasteiger partial charge in [-0.2, -0.15) is 0 Å². The Hall–Kier alpha value is -1.79. The maximum atomic E-state index is 12.0. The summed E-state index contributed by atoms with van der Waals surface area (Å²) in [7, 11) is 0. The van der Waals surface area contributed by atoms with E-state index in [1.54, 1.807) is 5.38 Å². The minimum Gasteiger partial charge on any atom is -0.296 e. The van der Waals surface area contributed by atoms with Gasteiger partial charge in [0.05, 0.1) is 15.2 Å². The first-order valence-corrected chi connectivity index (χ1v) is 7.84. The molecule has 1 N–H and O–H groups in total. The predicted molar refractivity (Wildman–Crippen MR) is 83.9 cm³/mol. The molecular formula is C14H13N3OS2. The summed E-state index contributed by atoms with van der Waals surface area (Å²) in [5, 5.41) is 6.06. The zero-order chi connectivity index (χ0) is 14.3. The van der Waals surface area contributed by atoms with Gasteiger partial charge in [0.1, 0.15) is 5.69 Å². The van der Waals surface area contributed by atoms with Crippen LogP contribution in [0.5, 0.6) is 0 Å². The number of nitrogens with zero attached hydrogens (tertiary/aromatic N) is 2. The smallest absolute Gasteiger partial charge is 0.276 e. The second-order valence-electron chi connectivity index (χ2n) is 4.63. The van der Waals surface area contributed by atoms with E-state index >= 15 is 0 Å². The van der Waals surface area contributed by atoms with Crippen molar-refractivity contribution in [2.24, 2.45) is 0 Å². The summed E-state index contributed by atoms with van der Waals surface area (Å²) < 4.78 is 1.08. The molecule has 0 bridgehead atoms. The van der Waals surface area contributed by atoms with Crippen LogP contribution < -0.4 is 5.32 Å². The number of aromatic nitrogens is 2. The molecule has 2 aromatic heterocycles. The summed E-state index contributed by atoms with van der Waals surface area (Å²) in [6.45, 7) is 6.01. The van der Waals surface area contributed by atoms with Crippen LogP contribution in [0, 0.1) is 20.8 Å². The average molecular weight is 303 g/mol. The number of hydrogen-bond acceptors (Lipinski definition) is 5. The van der Waals surface area contributed by atoms with Crippen molar-refractivity contribution >= 4 is 43.9 Å². The van der Waals surface area contributed by atoms with Gasteiger partial charge in [-0.15, -0.1) is 11.3 Å². The van der Waals surface area contributed by atoms with Crippen molar-refractivity contribution in [3.8, 4) is 0 Å². The van der Waals surface area contributed by atoms with E-state index in [-0.39, 0.29) is 5.91 Å². The molecule has 0 saturated heterocycles. The van der Waals surface area contributed by atoms with Crippen LogP contribution in [-0.4, -0.2) is 15.9 Å². The summed E-state index contributed by atoms with van der Waals surface area (Å²) >= 11 is 2.95. The molecule has 6 heteroatoms. The number of aryl methyl sites for hydroxylation is 3. The third-order valence-electron chi connectivity index (χ3n) is 3.08. The van der Waals surface area contributed by atoms with Crippen LogP contribution in [0.4, 0.5) is 5.13 Å². The van der Waals surface area contributed by atoms with E-state index in [1.165, 1.54) is 33.8 Å². The van der Waals surface area contributed by atoms with Crippen LogP contribution >= 0.6 is 22.7 Å². The summed E-state index contributed by atoms with van der Waals surface area (Å²) in [5.74, 6) is -0.207. The largest absolute Gasteiger partial charge is 0.296 e. The Balaban J connectivity index is 1.89. The van der Waals surface area contributed by atoms with E-state index < -0.39 is 0 Å². The van der Waals surface area contributed by atoms with Gasteiger partial charge in [0.25, 0.3) is 5.91 Å². The minimum absolute atomic E-state index is 0.207. The number of benzene rings is 1. The Kier molecular flexibility index (Phi) is 3.27. The second kappa shape index (κ2) is 4.96. The van der Waals surface area contributed by atoms with Crippen molar-refractivity contribution in [2.75, 3.05) is 5.32 Å². The normalized spacial score (nSPS) is 10.9. The number of anilines is 1. The highest BCUT2D eigenvalue weighted by molar-refractivity contribution is 7.22. The van der Waals surface area contributed by atoms with E-state index in [0.29, 0.717) is 10.8 Å². The number of fused-ring (bicyclic) bond motifs is 1. The topological polar surface area (TPSA) is 54.9 Å². The molecular weight excluding hydrogens is 290 g/mol. The van der Waals surface area contributed by atoms with Crippen molar-refractivity contribution in [2.45, 2.75) is 20.8 Å². The molecule has 20 heavy (non-hydrogen) atoms. The Labute approximate surface area is 124 Å². The highest BCUT2D eigenvalue weighted by Gasteiger charge is 2.12. The van der Waals surface area contributed by atoms with Crippen molar-refractivity contribution in [1.82, 2.24) is 9.97 Å². The van der Waals surface area contributed by atoms with E-state index in [0.717, 1.165) is 15.2 Å². The number of thiazole rings is 2. The van der Waals surface area contributed by atoms with Gasteiger partial charge in [0.15, 0.2) is 5.13 Å². The van der Waals surface area contributed by atoms with Gasteiger partial charge in [-0.05, 0) is 44.0 Å². The maximum absolute atomic E-state index is 12.0. The molecule has 4 nitrogen and oxygen atoms in total. The van der Waals surface area contributed by atoms with Gasteiger partial charge in [0, 0.05) is 5.38 Å². The van der Waals surface area contributed by atoms with Crippen LogP contribution in [0.3, 0.4) is 0 Å². The number of hydrogen-bond donors (Lipinski definition) is 1. The molecule has 102 valence electrons. The zero-order valence-corrected chi connectivity index (χ0v) is 13.0. The van der Waals surface area contributed by atoms with Crippen LogP contribution in [0.2, 0.25) is 0 Å². The quantitative estimate of drug-likeness (QED) is 0.780. The fourth-order valence-electron chi connectivity index (χ4n) is 1.86. The molecule has 3 aromatic rings. The molecule has 0 atom stereocenters. The Morgan fingerprint density at radius 2 is 1.90 bits per heavy atom. The van der Waals surface area contributed by atoms with Crippen molar-refractivity contribution in [1.29, 1.82) is 0 Å². The lowest BCUT2D eigenvalue weighted by Gasteiger charge is -1.97. The van der Waals surface area contributed by atoms with Crippen molar-refractivity contribution < 1.29 is 4.79 Å². The molecule has 3 rings (SSSR count). The Morgan fingerprint density at radius 3 is 2.60 bits per heavy atom. The number of nitrogens with one attached hydrogen (secondary N) is 1. The first-order chi connectivity index (χ1) is 9.52. The lowest BCUT2D eigenvalue weighted by molar-refractivity contribution is 0.102. The monoisotopic (exact) mass is 303 g/mol. The lowest BCUT2D eigenvalue weighted by atomic mass is 10.1.